The van der Waals surface area contributed by atoms with Gasteiger partial charge in [-0.3, -0.25) is 4.79 Å². The molecule has 30 heavy (non-hydrogen) atoms. The molecular weight excluding hydrogens is 409 g/mol. The fourth-order valence-electron chi connectivity index (χ4n) is 3.13. The smallest absolute Gasteiger partial charge is 0.308 e. The van der Waals surface area contributed by atoms with Crippen LogP contribution in [0.2, 0.25) is 5.15 Å². The van der Waals surface area contributed by atoms with Crippen LogP contribution in [-0.4, -0.2) is 25.8 Å². The van der Waals surface area contributed by atoms with E-state index in [0.717, 1.165) is 5.56 Å². The summed E-state index contributed by atoms with van der Waals surface area (Å²) >= 11 is 6.54. The van der Waals surface area contributed by atoms with Crippen LogP contribution < -0.4 is 0 Å². The molecule has 4 rings (SSSR count). The van der Waals surface area contributed by atoms with Gasteiger partial charge in [-0.05, 0) is 42.8 Å². The summed E-state index contributed by atoms with van der Waals surface area (Å²) in [6.45, 7) is 2.13. The van der Waals surface area contributed by atoms with Gasteiger partial charge in [-0.15, -0.1) is 0 Å². The Balaban J connectivity index is 1.73. The first-order chi connectivity index (χ1) is 14.4. The van der Waals surface area contributed by atoms with Crippen molar-refractivity contribution in [3.63, 3.8) is 0 Å². The Morgan fingerprint density at radius 3 is 2.67 bits per heavy atom. The maximum absolute atomic E-state index is 13.1. The van der Waals surface area contributed by atoms with E-state index in [4.69, 9.17) is 16.0 Å². The highest BCUT2D eigenvalue weighted by Crippen LogP contribution is 2.29. The fraction of sp³-hybridized carbons (Fsp3) is 0.136. The molecule has 1 N–H and O–H groups in total. The minimum Gasteiger partial charge on any atom is -0.481 e. The largest absolute Gasteiger partial charge is 0.481 e. The van der Waals surface area contributed by atoms with E-state index in [-0.39, 0.29) is 18.1 Å². The molecule has 0 unspecified atom stereocenters. The van der Waals surface area contributed by atoms with E-state index in [1.54, 1.807) is 41.9 Å². The Labute approximate surface area is 176 Å². The molecule has 0 saturated heterocycles. The average Bonchev–Trinajstić information content (AvgIpc) is 3.25. The van der Waals surface area contributed by atoms with Gasteiger partial charge in [0.05, 0.1) is 18.7 Å². The van der Waals surface area contributed by atoms with Crippen molar-refractivity contribution < 1.29 is 18.7 Å². The fourth-order valence-corrected chi connectivity index (χ4v) is 3.42. The van der Waals surface area contributed by atoms with E-state index >= 15 is 0 Å². The predicted molar refractivity (Wildman–Crippen MR) is 112 cm³/mol. The average molecular weight is 426 g/mol. The van der Waals surface area contributed by atoms with Gasteiger partial charge in [0.25, 0.3) is 0 Å². The molecule has 2 aromatic heterocycles. The van der Waals surface area contributed by atoms with Crippen LogP contribution in [0.1, 0.15) is 29.1 Å². The summed E-state index contributed by atoms with van der Waals surface area (Å²) in [7, 11) is 0. The number of halogens is 2. The van der Waals surface area contributed by atoms with E-state index in [1.807, 2.05) is 12.1 Å². The van der Waals surface area contributed by atoms with E-state index in [0.29, 0.717) is 39.6 Å². The van der Waals surface area contributed by atoms with Gasteiger partial charge in [0.15, 0.2) is 5.58 Å². The summed E-state index contributed by atoms with van der Waals surface area (Å²) in [6, 6.07) is 13.3. The van der Waals surface area contributed by atoms with Crippen LogP contribution in [0.3, 0.4) is 0 Å². The van der Waals surface area contributed by atoms with Crippen LogP contribution in [0.25, 0.3) is 22.7 Å². The van der Waals surface area contributed by atoms with E-state index in [9.17, 15) is 14.3 Å². The molecule has 2 heterocycles. The lowest BCUT2D eigenvalue weighted by atomic mass is 10.1. The quantitative estimate of drug-likeness (QED) is 0.459. The normalized spacial score (nSPS) is 11.9. The van der Waals surface area contributed by atoms with Crippen molar-refractivity contribution in [2.75, 3.05) is 0 Å². The molecule has 0 aliphatic carbocycles. The zero-order valence-corrected chi connectivity index (χ0v) is 16.7. The van der Waals surface area contributed by atoms with Crippen molar-refractivity contribution in [1.29, 1.82) is 0 Å². The number of nitrogens with zero attached hydrogens (tertiary/aromatic N) is 3. The van der Waals surface area contributed by atoms with Crippen molar-refractivity contribution in [2.45, 2.75) is 19.9 Å². The topological polar surface area (TPSA) is 81.2 Å². The number of oxazole rings is 1. The molecule has 8 heteroatoms. The van der Waals surface area contributed by atoms with Crippen LogP contribution in [0.15, 0.2) is 52.9 Å². The van der Waals surface area contributed by atoms with Gasteiger partial charge in [0.2, 0.25) is 5.89 Å². The maximum atomic E-state index is 13.1. The Morgan fingerprint density at radius 2 is 1.97 bits per heavy atom. The first-order valence-corrected chi connectivity index (χ1v) is 9.54. The summed E-state index contributed by atoms with van der Waals surface area (Å²) < 4.78 is 20.5. The van der Waals surface area contributed by atoms with Gasteiger partial charge >= 0.3 is 5.97 Å². The minimum absolute atomic E-state index is 0.223. The van der Waals surface area contributed by atoms with Crippen LogP contribution in [0.4, 0.5) is 4.39 Å². The summed E-state index contributed by atoms with van der Waals surface area (Å²) in [5.74, 6) is -1.11. The first-order valence-electron chi connectivity index (χ1n) is 9.16. The lowest BCUT2D eigenvalue weighted by molar-refractivity contribution is -0.135. The molecule has 0 aliphatic rings. The van der Waals surface area contributed by atoms with Gasteiger partial charge in [0.1, 0.15) is 16.5 Å². The lowest BCUT2D eigenvalue weighted by Crippen LogP contribution is -2.02. The van der Waals surface area contributed by atoms with Gasteiger partial charge in [-0.25, -0.2) is 14.1 Å². The number of carboxylic acid groups (broad SMARTS) is 1. The van der Waals surface area contributed by atoms with Crippen LogP contribution in [-0.2, 0) is 11.3 Å². The molecule has 0 atom stereocenters. The Hall–Kier alpha value is -3.45. The number of aliphatic carboxylic acids is 1. The van der Waals surface area contributed by atoms with Gasteiger partial charge in [-0.2, -0.15) is 5.10 Å². The number of aromatic nitrogens is 3. The van der Waals surface area contributed by atoms with Crippen molar-refractivity contribution in [2.24, 2.45) is 0 Å². The molecule has 0 spiro atoms. The Morgan fingerprint density at radius 1 is 1.23 bits per heavy atom. The molecule has 152 valence electrons. The highest BCUT2D eigenvalue weighted by molar-refractivity contribution is 6.31. The molecule has 0 fully saturated rings. The molecule has 0 bridgehead atoms. The SMILES string of the molecule is Cc1nn(Cc2ccc(F)cc2)c(Cl)c1/C=C(/CC(=O)O)c1nc2ccccc2o1. The Kier molecular flexibility index (Phi) is 5.37. The third-order valence-corrected chi connectivity index (χ3v) is 4.98. The maximum Gasteiger partial charge on any atom is 0.308 e. The van der Waals surface area contributed by atoms with E-state index < -0.39 is 5.97 Å². The highest BCUT2D eigenvalue weighted by atomic mass is 35.5. The second kappa shape index (κ2) is 8.12. The van der Waals surface area contributed by atoms with Crippen molar-refractivity contribution >= 4 is 40.3 Å². The van der Waals surface area contributed by atoms with E-state index in [2.05, 4.69) is 10.1 Å². The van der Waals surface area contributed by atoms with Gasteiger partial charge in [0, 0.05) is 11.1 Å². The van der Waals surface area contributed by atoms with E-state index in [1.165, 1.54) is 12.1 Å². The second-order valence-electron chi connectivity index (χ2n) is 6.80. The number of carbonyl (C=O) groups is 1. The summed E-state index contributed by atoms with van der Waals surface area (Å²) in [6.07, 6.45) is 1.36. The summed E-state index contributed by atoms with van der Waals surface area (Å²) in [4.78, 5) is 15.8. The van der Waals surface area contributed by atoms with Crippen LogP contribution >= 0.6 is 11.6 Å². The molecule has 2 aromatic carbocycles. The number of benzene rings is 2. The molecule has 0 saturated carbocycles. The molecule has 0 aliphatic heterocycles. The number of aryl methyl sites for hydroxylation is 1. The number of hydrogen-bond acceptors (Lipinski definition) is 4. The number of rotatable bonds is 6. The number of para-hydroxylation sites is 2. The van der Waals surface area contributed by atoms with Crippen molar-refractivity contribution in [1.82, 2.24) is 14.8 Å². The van der Waals surface area contributed by atoms with Gasteiger partial charge < -0.3 is 9.52 Å². The molecule has 4 aromatic rings. The summed E-state index contributed by atoms with van der Waals surface area (Å²) in [5, 5.41) is 14.2. The molecule has 0 radical (unpaired) electrons. The van der Waals surface area contributed by atoms with Crippen LogP contribution in [0.5, 0.6) is 0 Å². The molecule has 0 amide bonds. The molecular formula is C22H17ClFN3O3. The number of fused-ring (bicyclic) bond motifs is 1. The highest BCUT2D eigenvalue weighted by Gasteiger charge is 2.18. The lowest BCUT2D eigenvalue weighted by Gasteiger charge is -2.04. The third-order valence-electron chi connectivity index (χ3n) is 4.58. The Bertz CT molecular complexity index is 1230. The van der Waals surface area contributed by atoms with Crippen LogP contribution in [0, 0.1) is 12.7 Å². The number of carboxylic acids is 1. The van der Waals surface area contributed by atoms with Crippen molar-refractivity contribution in [3.8, 4) is 0 Å². The third kappa shape index (κ3) is 4.11. The minimum atomic E-state index is -1.02. The zero-order valence-electron chi connectivity index (χ0n) is 16.0. The number of hydrogen-bond donors (Lipinski definition) is 1. The molecule has 6 nitrogen and oxygen atoms in total. The summed E-state index contributed by atoms with van der Waals surface area (Å²) in [5.41, 5.74) is 3.63. The second-order valence-corrected chi connectivity index (χ2v) is 7.16. The standard InChI is InChI=1S/C22H17ClFN3O3/c1-13-17(21(23)27(26-13)12-14-6-8-16(24)9-7-14)10-15(11-20(28)29)22-25-18-4-2-3-5-19(18)30-22/h2-10H,11-12H2,1H3,(H,28,29)/b15-10-. The first kappa shape index (κ1) is 19.8. The van der Waals surface area contributed by atoms with Crippen molar-refractivity contribution in [3.05, 3.63) is 82.2 Å². The zero-order chi connectivity index (χ0) is 21.3. The van der Waals surface area contributed by atoms with Gasteiger partial charge in [-0.1, -0.05) is 35.9 Å². The predicted octanol–water partition coefficient (Wildman–Crippen LogP) is 5.19. The monoisotopic (exact) mass is 425 g/mol.